The van der Waals surface area contributed by atoms with Gasteiger partial charge in [-0.2, -0.15) is 0 Å². The number of para-hydroxylation sites is 1. The Labute approximate surface area is 95.5 Å². The molecule has 3 nitrogen and oxygen atoms in total. The van der Waals surface area contributed by atoms with Crippen molar-refractivity contribution >= 4 is 0 Å². The summed E-state index contributed by atoms with van der Waals surface area (Å²) < 4.78 is 11.0. The Bertz CT molecular complexity index is 412. The van der Waals surface area contributed by atoms with E-state index in [2.05, 4.69) is 6.07 Å². The summed E-state index contributed by atoms with van der Waals surface area (Å²) in [7, 11) is 1.68. The number of benzene rings is 1. The van der Waals surface area contributed by atoms with Crippen molar-refractivity contribution in [1.82, 2.24) is 0 Å². The minimum atomic E-state index is 0.0187. The number of fused-ring (bicyclic) bond motifs is 1. The van der Waals surface area contributed by atoms with Crippen LogP contribution in [0.1, 0.15) is 30.7 Å². The van der Waals surface area contributed by atoms with Crippen LogP contribution < -0.4 is 15.2 Å². The molecule has 3 heteroatoms. The molecule has 1 aliphatic carbocycles. The van der Waals surface area contributed by atoms with E-state index in [1.54, 1.807) is 7.11 Å². The lowest BCUT2D eigenvalue weighted by atomic mass is 9.85. The zero-order chi connectivity index (χ0) is 11.2. The van der Waals surface area contributed by atoms with Gasteiger partial charge in [0, 0.05) is 17.0 Å². The van der Waals surface area contributed by atoms with Gasteiger partial charge in [-0.15, -0.1) is 0 Å². The van der Waals surface area contributed by atoms with E-state index in [4.69, 9.17) is 15.2 Å². The lowest BCUT2D eigenvalue weighted by molar-refractivity contribution is 0.238. The largest absolute Gasteiger partial charge is 0.493 e. The van der Waals surface area contributed by atoms with Gasteiger partial charge in [0.05, 0.1) is 13.7 Å². The van der Waals surface area contributed by atoms with Crippen LogP contribution in [0.15, 0.2) is 18.2 Å². The van der Waals surface area contributed by atoms with Crippen LogP contribution in [0.3, 0.4) is 0 Å². The number of nitrogens with two attached hydrogens (primary N) is 1. The molecule has 3 rings (SSSR count). The van der Waals surface area contributed by atoms with Crippen molar-refractivity contribution in [3.63, 3.8) is 0 Å². The summed E-state index contributed by atoms with van der Waals surface area (Å²) >= 11 is 0. The van der Waals surface area contributed by atoms with Crippen molar-refractivity contribution in [3.05, 3.63) is 23.8 Å². The van der Waals surface area contributed by atoms with Crippen LogP contribution in [0.2, 0.25) is 0 Å². The quantitative estimate of drug-likeness (QED) is 0.828. The lowest BCUT2D eigenvalue weighted by Crippen LogP contribution is -2.34. The van der Waals surface area contributed by atoms with E-state index < -0.39 is 0 Å². The van der Waals surface area contributed by atoms with Gasteiger partial charge in [-0.05, 0) is 25.3 Å². The Morgan fingerprint density at radius 2 is 2.25 bits per heavy atom. The first-order valence-electron chi connectivity index (χ1n) is 5.83. The highest BCUT2D eigenvalue weighted by Crippen LogP contribution is 2.52. The molecule has 1 fully saturated rings. The topological polar surface area (TPSA) is 44.5 Å². The molecule has 1 aromatic rings. The molecule has 0 bridgehead atoms. The van der Waals surface area contributed by atoms with E-state index in [0.29, 0.717) is 5.92 Å². The zero-order valence-corrected chi connectivity index (χ0v) is 9.53. The van der Waals surface area contributed by atoms with Crippen LogP contribution in [0, 0.1) is 0 Å². The van der Waals surface area contributed by atoms with Crippen LogP contribution in [-0.2, 0) is 0 Å². The van der Waals surface area contributed by atoms with E-state index in [-0.39, 0.29) is 5.54 Å². The molecule has 1 heterocycles. The Morgan fingerprint density at radius 3 is 2.94 bits per heavy atom. The Morgan fingerprint density at radius 1 is 1.44 bits per heavy atom. The number of hydrogen-bond acceptors (Lipinski definition) is 3. The van der Waals surface area contributed by atoms with E-state index >= 15 is 0 Å². The van der Waals surface area contributed by atoms with Crippen LogP contribution in [0.4, 0.5) is 0 Å². The minimum absolute atomic E-state index is 0.0187. The Hall–Kier alpha value is -1.22. The molecule has 86 valence electrons. The second kappa shape index (κ2) is 3.39. The monoisotopic (exact) mass is 219 g/mol. The predicted molar refractivity (Wildman–Crippen MR) is 62.0 cm³/mol. The molecule has 1 saturated carbocycles. The molecule has 1 aliphatic heterocycles. The molecular weight excluding hydrogens is 202 g/mol. The first-order chi connectivity index (χ1) is 7.74. The second-order valence-corrected chi connectivity index (χ2v) is 4.80. The predicted octanol–water partition coefficient (Wildman–Crippen LogP) is 2.05. The fourth-order valence-corrected chi connectivity index (χ4v) is 2.65. The highest BCUT2D eigenvalue weighted by atomic mass is 16.5. The van der Waals surface area contributed by atoms with Gasteiger partial charge in [0.25, 0.3) is 0 Å². The standard InChI is InChI=1S/C13H17NO2/c1-15-11-4-2-3-9-10(13(14)6-7-13)5-8-16-12(9)11/h2-4,10H,5-8,14H2,1H3. The summed E-state index contributed by atoms with van der Waals surface area (Å²) in [5, 5.41) is 0. The van der Waals surface area contributed by atoms with Crippen molar-refractivity contribution in [2.24, 2.45) is 5.73 Å². The number of ether oxygens (including phenoxy) is 2. The van der Waals surface area contributed by atoms with Gasteiger partial charge in [-0.1, -0.05) is 12.1 Å². The summed E-state index contributed by atoms with van der Waals surface area (Å²) in [6.45, 7) is 0.747. The summed E-state index contributed by atoms with van der Waals surface area (Å²) in [5.41, 5.74) is 7.58. The molecular formula is C13H17NO2. The highest BCUT2D eigenvalue weighted by Gasteiger charge is 2.48. The molecule has 2 aliphatic rings. The Balaban J connectivity index is 2.05. The minimum Gasteiger partial charge on any atom is -0.493 e. The van der Waals surface area contributed by atoms with Crippen LogP contribution >= 0.6 is 0 Å². The summed E-state index contributed by atoms with van der Waals surface area (Å²) in [6, 6.07) is 6.08. The number of rotatable bonds is 2. The SMILES string of the molecule is COc1cccc2c1OCCC2C1(N)CC1. The van der Waals surface area contributed by atoms with Crippen molar-refractivity contribution in [3.8, 4) is 11.5 Å². The van der Waals surface area contributed by atoms with Gasteiger partial charge in [0.1, 0.15) is 0 Å². The van der Waals surface area contributed by atoms with Crippen molar-refractivity contribution < 1.29 is 9.47 Å². The van der Waals surface area contributed by atoms with Crippen molar-refractivity contribution in [2.45, 2.75) is 30.7 Å². The number of methoxy groups -OCH3 is 1. The van der Waals surface area contributed by atoms with E-state index in [0.717, 1.165) is 37.4 Å². The van der Waals surface area contributed by atoms with Crippen molar-refractivity contribution in [2.75, 3.05) is 13.7 Å². The van der Waals surface area contributed by atoms with Crippen LogP contribution in [-0.4, -0.2) is 19.3 Å². The summed E-state index contributed by atoms with van der Waals surface area (Å²) in [6.07, 6.45) is 3.29. The maximum absolute atomic E-state index is 6.33. The average Bonchev–Trinajstić information content (AvgIpc) is 3.07. The third kappa shape index (κ3) is 1.39. The van der Waals surface area contributed by atoms with Gasteiger partial charge in [0.2, 0.25) is 0 Å². The molecule has 16 heavy (non-hydrogen) atoms. The van der Waals surface area contributed by atoms with E-state index in [1.165, 1.54) is 5.56 Å². The molecule has 0 aromatic heterocycles. The maximum Gasteiger partial charge on any atom is 0.164 e. The average molecular weight is 219 g/mol. The van der Waals surface area contributed by atoms with Gasteiger partial charge in [0.15, 0.2) is 11.5 Å². The molecule has 1 unspecified atom stereocenters. The molecule has 2 N–H and O–H groups in total. The maximum atomic E-state index is 6.33. The fourth-order valence-electron chi connectivity index (χ4n) is 2.65. The summed E-state index contributed by atoms with van der Waals surface area (Å²) in [4.78, 5) is 0. The zero-order valence-electron chi connectivity index (χ0n) is 9.53. The normalized spacial score (nSPS) is 25.5. The molecule has 0 radical (unpaired) electrons. The Kier molecular flexibility index (Phi) is 2.11. The van der Waals surface area contributed by atoms with E-state index in [9.17, 15) is 0 Å². The highest BCUT2D eigenvalue weighted by molar-refractivity contribution is 5.51. The van der Waals surface area contributed by atoms with Crippen LogP contribution in [0.25, 0.3) is 0 Å². The second-order valence-electron chi connectivity index (χ2n) is 4.80. The molecule has 0 amide bonds. The first-order valence-corrected chi connectivity index (χ1v) is 5.83. The first kappa shape index (κ1) is 9.97. The molecule has 0 spiro atoms. The smallest absolute Gasteiger partial charge is 0.164 e. The number of hydrogen-bond donors (Lipinski definition) is 1. The molecule has 1 atom stereocenters. The summed E-state index contributed by atoms with van der Waals surface area (Å²) in [5.74, 6) is 2.16. The van der Waals surface area contributed by atoms with Gasteiger partial charge >= 0.3 is 0 Å². The molecule has 0 saturated heterocycles. The fraction of sp³-hybridized carbons (Fsp3) is 0.538. The molecule has 1 aromatic carbocycles. The van der Waals surface area contributed by atoms with Crippen LogP contribution in [0.5, 0.6) is 11.5 Å². The third-order valence-electron chi connectivity index (χ3n) is 3.78. The van der Waals surface area contributed by atoms with Gasteiger partial charge in [-0.25, -0.2) is 0 Å². The van der Waals surface area contributed by atoms with E-state index in [1.807, 2.05) is 12.1 Å². The van der Waals surface area contributed by atoms with Gasteiger partial charge < -0.3 is 15.2 Å². The van der Waals surface area contributed by atoms with Crippen molar-refractivity contribution in [1.29, 1.82) is 0 Å². The lowest BCUT2D eigenvalue weighted by Gasteiger charge is -2.31. The van der Waals surface area contributed by atoms with Gasteiger partial charge in [-0.3, -0.25) is 0 Å². The third-order valence-corrected chi connectivity index (χ3v) is 3.78.